The number of halogens is 1. The Bertz CT molecular complexity index is 210. The molecule has 15 heavy (non-hydrogen) atoms. The van der Waals surface area contributed by atoms with E-state index in [9.17, 15) is 0 Å². The lowest BCUT2D eigenvalue weighted by Crippen LogP contribution is -2.37. The van der Waals surface area contributed by atoms with Crippen LogP contribution < -0.4 is 0 Å². The van der Waals surface area contributed by atoms with E-state index in [1.807, 2.05) is 0 Å². The highest BCUT2D eigenvalue weighted by atomic mass is 79.9. The number of nitrogens with zero attached hydrogens (tertiary/aromatic N) is 2. The number of alkyl halides is 1. The molecule has 0 aliphatic carbocycles. The average molecular weight is 275 g/mol. The minimum Gasteiger partial charge on any atom is -0.306 e. The van der Waals surface area contributed by atoms with Gasteiger partial charge in [0, 0.05) is 24.5 Å². The fourth-order valence-corrected chi connectivity index (χ4v) is 4.12. The van der Waals surface area contributed by atoms with Gasteiger partial charge in [-0.3, -0.25) is 4.90 Å². The van der Waals surface area contributed by atoms with Crippen LogP contribution in [0.25, 0.3) is 0 Å². The second-order valence-corrected chi connectivity index (χ2v) is 6.05. The molecule has 2 heterocycles. The molecule has 2 nitrogen and oxygen atoms in total. The molecule has 2 fully saturated rings. The summed E-state index contributed by atoms with van der Waals surface area (Å²) in [4.78, 5) is 5.18. The second kappa shape index (κ2) is 5.15. The maximum atomic E-state index is 3.67. The largest absolute Gasteiger partial charge is 0.306 e. The Balaban J connectivity index is 1.83. The molecular formula is C12H23BrN2. The van der Waals surface area contributed by atoms with E-state index in [2.05, 4.69) is 39.7 Å². The number of hydrogen-bond acceptors (Lipinski definition) is 2. The Hall–Kier alpha value is 0.400. The zero-order valence-electron chi connectivity index (χ0n) is 9.95. The summed E-state index contributed by atoms with van der Waals surface area (Å²) >= 11 is 3.67. The zero-order chi connectivity index (χ0) is 10.8. The quantitative estimate of drug-likeness (QED) is 0.727. The first-order valence-corrected chi connectivity index (χ1v) is 7.31. The Morgan fingerprint density at radius 3 is 2.67 bits per heavy atom. The molecule has 0 saturated carbocycles. The zero-order valence-corrected chi connectivity index (χ0v) is 11.5. The summed E-state index contributed by atoms with van der Waals surface area (Å²) in [5.74, 6) is 1.80. The van der Waals surface area contributed by atoms with Gasteiger partial charge < -0.3 is 4.90 Å². The fraction of sp³-hybridized carbons (Fsp3) is 1.00. The summed E-state index contributed by atoms with van der Waals surface area (Å²) in [6.07, 6.45) is 2.79. The predicted octanol–water partition coefficient (Wildman–Crippen LogP) is 2.04. The summed E-state index contributed by atoms with van der Waals surface area (Å²) in [5, 5.41) is 1.15. The van der Waals surface area contributed by atoms with Crippen molar-refractivity contribution in [2.75, 3.05) is 38.6 Å². The maximum Gasteiger partial charge on any atom is 0.0218 e. The van der Waals surface area contributed by atoms with Crippen LogP contribution in [-0.4, -0.2) is 54.4 Å². The smallest absolute Gasteiger partial charge is 0.0218 e. The SMILES string of the molecule is CC1CCN(CC2CCN(C)C2)C1CBr. The number of hydrogen-bond donors (Lipinski definition) is 0. The van der Waals surface area contributed by atoms with E-state index in [4.69, 9.17) is 0 Å². The van der Waals surface area contributed by atoms with Crippen LogP contribution >= 0.6 is 15.9 Å². The molecule has 0 aromatic carbocycles. The lowest BCUT2D eigenvalue weighted by molar-refractivity contribution is 0.214. The lowest BCUT2D eigenvalue weighted by Gasteiger charge is -2.27. The van der Waals surface area contributed by atoms with Crippen LogP contribution in [0, 0.1) is 11.8 Å². The monoisotopic (exact) mass is 274 g/mol. The number of likely N-dealkylation sites (tertiary alicyclic amines) is 2. The molecule has 0 radical (unpaired) electrons. The van der Waals surface area contributed by atoms with Crippen LogP contribution in [0.1, 0.15) is 19.8 Å². The molecule has 2 aliphatic heterocycles. The molecule has 2 saturated heterocycles. The van der Waals surface area contributed by atoms with Crippen molar-refractivity contribution in [1.29, 1.82) is 0 Å². The molecular weight excluding hydrogens is 252 g/mol. The highest BCUT2D eigenvalue weighted by Crippen LogP contribution is 2.27. The van der Waals surface area contributed by atoms with Gasteiger partial charge in [-0.1, -0.05) is 22.9 Å². The van der Waals surface area contributed by atoms with Crippen molar-refractivity contribution in [3.05, 3.63) is 0 Å². The molecule has 3 atom stereocenters. The average Bonchev–Trinajstić information content (AvgIpc) is 2.75. The topological polar surface area (TPSA) is 6.48 Å². The molecule has 0 N–H and O–H groups in total. The molecule has 2 aliphatic rings. The van der Waals surface area contributed by atoms with Crippen LogP contribution in [0.4, 0.5) is 0 Å². The molecule has 0 aromatic rings. The normalized spacial score (nSPS) is 39.0. The molecule has 2 rings (SSSR count). The molecule has 0 amide bonds. The maximum absolute atomic E-state index is 3.67. The number of rotatable bonds is 3. The van der Waals surface area contributed by atoms with Crippen LogP contribution in [-0.2, 0) is 0 Å². The third kappa shape index (κ3) is 2.75. The molecule has 0 spiro atoms. The van der Waals surface area contributed by atoms with Gasteiger partial charge >= 0.3 is 0 Å². The van der Waals surface area contributed by atoms with Crippen molar-refractivity contribution in [3.8, 4) is 0 Å². The summed E-state index contributed by atoms with van der Waals surface area (Å²) in [5.41, 5.74) is 0. The van der Waals surface area contributed by atoms with Crippen molar-refractivity contribution < 1.29 is 0 Å². The molecule has 88 valence electrons. The van der Waals surface area contributed by atoms with Crippen LogP contribution in [0.3, 0.4) is 0 Å². The van der Waals surface area contributed by atoms with Gasteiger partial charge in [-0.25, -0.2) is 0 Å². The first-order chi connectivity index (χ1) is 7.20. The van der Waals surface area contributed by atoms with Gasteiger partial charge in [-0.15, -0.1) is 0 Å². The van der Waals surface area contributed by atoms with Crippen molar-refractivity contribution in [2.45, 2.75) is 25.8 Å². The Morgan fingerprint density at radius 1 is 1.27 bits per heavy atom. The van der Waals surface area contributed by atoms with E-state index < -0.39 is 0 Å². The Labute approximate surface area is 102 Å². The van der Waals surface area contributed by atoms with Crippen molar-refractivity contribution in [3.63, 3.8) is 0 Å². The van der Waals surface area contributed by atoms with Crippen LogP contribution in [0.2, 0.25) is 0 Å². The minimum absolute atomic E-state index is 0.788. The fourth-order valence-electron chi connectivity index (χ4n) is 3.07. The van der Waals surface area contributed by atoms with E-state index in [0.29, 0.717) is 0 Å². The van der Waals surface area contributed by atoms with Crippen molar-refractivity contribution >= 4 is 15.9 Å². The minimum atomic E-state index is 0.788. The summed E-state index contributed by atoms with van der Waals surface area (Å²) in [6, 6.07) is 0.788. The first-order valence-electron chi connectivity index (χ1n) is 6.19. The van der Waals surface area contributed by atoms with Gasteiger partial charge in [0.1, 0.15) is 0 Å². The summed E-state index contributed by atoms with van der Waals surface area (Å²) in [6.45, 7) is 7.64. The van der Waals surface area contributed by atoms with Gasteiger partial charge in [0.25, 0.3) is 0 Å². The lowest BCUT2D eigenvalue weighted by atomic mass is 10.0. The molecule has 0 aromatic heterocycles. The van der Waals surface area contributed by atoms with E-state index in [0.717, 1.165) is 23.2 Å². The van der Waals surface area contributed by atoms with E-state index in [-0.39, 0.29) is 0 Å². The molecule has 3 unspecified atom stereocenters. The Morgan fingerprint density at radius 2 is 2.07 bits per heavy atom. The second-order valence-electron chi connectivity index (χ2n) is 5.40. The van der Waals surface area contributed by atoms with Gasteiger partial charge in [0.2, 0.25) is 0 Å². The van der Waals surface area contributed by atoms with E-state index in [1.165, 1.54) is 39.0 Å². The highest BCUT2D eigenvalue weighted by molar-refractivity contribution is 9.09. The standard InChI is InChI=1S/C12H23BrN2/c1-10-3-6-15(12(10)7-13)9-11-4-5-14(2)8-11/h10-12H,3-9H2,1-2H3. The van der Waals surface area contributed by atoms with E-state index in [1.54, 1.807) is 0 Å². The molecule has 0 bridgehead atoms. The Kier molecular flexibility index (Phi) is 4.08. The third-order valence-corrected chi connectivity index (χ3v) is 4.80. The molecule has 3 heteroatoms. The summed E-state index contributed by atoms with van der Waals surface area (Å²) in [7, 11) is 2.24. The first kappa shape index (κ1) is 11.9. The van der Waals surface area contributed by atoms with Gasteiger partial charge in [-0.05, 0) is 44.8 Å². The van der Waals surface area contributed by atoms with Crippen molar-refractivity contribution in [2.24, 2.45) is 11.8 Å². The summed E-state index contributed by atoms with van der Waals surface area (Å²) < 4.78 is 0. The highest BCUT2D eigenvalue weighted by Gasteiger charge is 2.32. The van der Waals surface area contributed by atoms with Crippen LogP contribution in [0.5, 0.6) is 0 Å². The van der Waals surface area contributed by atoms with Gasteiger partial charge in [0.05, 0.1) is 0 Å². The van der Waals surface area contributed by atoms with Gasteiger partial charge in [0.15, 0.2) is 0 Å². The third-order valence-electron chi connectivity index (χ3n) is 4.14. The van der Waals surface area contributed by atoms with E-state index >= 15 is 0 Å². The van der Waals surface area contributed by atoms with Gasteiger partial charge in [-0.2, -0.15) is 0 Å². The van der Waals surface area contributed by atoms with Crippen LogP contribution in [0.15, 0.2) is 0 Å². The van der Waals surface area contributed by atoms with Crippen molar-refractivity contribution in [1.82, 2.24) is 9.80 Å². The predicted molar refractivity (Wildman–Crippen MR) is 68.5 cm³/mol.